The second-order valence-electron chi connectivity index (χ2n) is 7.22. The maximum atomic E-state index is 12.7. The lowest BCUT2D eigenvalue weighted by atomic mass is 9.98. The van der Waals surface area contributed by atoms with E-state index in [-0.39, 0.29) is 24.7 Å². The van der Waals surface area contributed by atoms with E-state index in [1.54, 1.807) is 4.52 Å². The van der Waals surface area contributed by atoms with E-state index in [1.807, 2.05) is 31.9 Å². The summed E-state index contributed by atoms with van der Waals surface area (Å²) in [5, 5.41) is 8.07. The largest absolute Gasteiger partial charge is 0.342 e. The maximum Gasteiger partial charge on any atom is 0.252 e. The summed E-state index contributed by atoms with van der Waals surface area (Å²) < 4.78 is 1.71. The quantitative estimate of drug-likeness (QED) is 0.892. The van der Waals surface area contributed by atoms with Crippen molar-refractivity contribution in [2.45, 2.75) is 64.1 Å². The molecular weight excluding hydrogens is 340 g/mol. The van der Waals surface area contributed by atoms with Crippen molar-refractivity contribution in [2.75, 3.05) is 7.05 Å². The van der Waals surface area contributed by atoms with Crippen molar-refractivity contribution in [1.29, 1.82) is 0 Å². The van der Waals surface area contributed by atoms with Gasteiger partial charge in [0.25, 0.3) is 5.78 Å². The minimum Gasteiger partial charge on any atom is -0.342 e. The van der Waals surface area contributed by atoms with Crippen LogP contribution in [0.5, 0.6) is 0 Å². The number of aromatic nitrogens is 4. The molecule has 136 valence electrons. The monoisotopic (exact) mass is 364 g/mol. The lowest BCUT2D eigenvalue weighted by molar-refractivity contribution is -0.132. The molecule has 1 amide bonds. The standard InChI is InChI=1S/C17H24N6O.ClH/c1-10-6-11(2)23-17(18-10)20-15(21-23)9-16(24)22(3)14-7-12-4-5-13(8-14)19-12;/h6,12-14,19H,4-5,7-9H2,1-3H3;1H. The summed E-state index contributed by atoms with van der Waals surface area (Å²) in [6, 6.07) is 3.44. The Morgan fingerprint density at radius 3 is 2.64 bits per heavy atom. The van der Waals surface area contributed by atoms with Crippen LogP contribution < -0.4 is 5.32 Å². The molecule has 2 fully saturated rings. The molecule has 2 aromatic heterocycles. The zero-order valence-corrected chi connectivity index (χ0v) is 15.7. The second-order valence-corrected chi connectivity index (χ2v) is 7.22. The Bertz CT molecular complexity index is 779. The molecule has 0 aliphatic carbocycles. The number of rotatable bonds is 3. The molecule has 2 unspecified atom stereocenters. The Balaban J connectivity index is 0.00000182. The van der Waals surface area contributed by atoms with Crippen molar-refractivity contribution in [2.24, 2.45) is 0 Å². The number of fused-ring (bicyclic) bond motifs is 3. The smallest absolute Gasteiger partial charge is 0.252 e. The Labute approximate surface area is 153 Å². The fourth-order valence-electron chi connectivity index (χ4n) is 4.09. The van der Waals surface area contributed by atoms with Crippen LogP contribution in [0.1, 0.15) is 42.9 Å². The van der Waals surface area contributed by atoms with Gasteiger partial charge in [-0.1, -0.05) is 0 Å². The van der Waals surface area contributed by atoms with Crippen LogP contribution in [0.2, 0.25) is 0 Å². The Hall–Kier alpha value is -1.73. The highest BCUT2D eigenvalue weighted by atomic mass is 35.5. The number of carbonyl (C=O) groups is 1. The minimum atomic E-state index is 0. The normalized spacial score (nSPS) is 25.0. The van der Waals surface area contributed by atoms with E-state index in [9.17, 15) is 4.79 Å². The molecule has 2 bridgehead atoms. The maximum absolute atomic E-state index is 12.7. The van der Waals surface area contributed by atoms with E-state index in [0.717, 1.165) is 24.2 Å². The summed E-state index contributed by atoms with van der Waals surface area (Å²) in [5.41, 5.74) is 1.89. The number of hydrogen-bond donors (Lipinski definition) is 1. The van der Waals surface area contributed by atoms with E-state index in [2.05, 4.69) is 20.4 Å². The number of nitrogens with one attached hydrogen (secondary N) is 1. The molecule has 25 heavy (non-hydrogen) atoms. The first-order chi connectivity index (χ1) is 11.5. The van der Waals surface area contributed by atoms with Gasteiger partial charge in [-0.05, 0) is 45.6 Å². The van der Waals surface area contributed by atoms with Crippen LogP contribution in [-0.4, -0.2) is 55.6 Å². The Kier molecular flexibility index (Phi) is 4.97. The lowest BCUT2D eigenvalue weighted by Crippen LogP contribution is -2.49. The van der Waals surface area contributed by atoms with Gasteiger partial charge in [0, 0.05) is 36.6 Å². The summed E-state index contributed by atoms with van der Waals surface area (Å²) in [4.78, 5) is 23.4. The number of piperidine rings is 1. The van der Waals surface area contributed by atoms with E-state index in [4.69, 9.17) is 0 Å². The van der Waals surface area contributed by atoms with Gasteiger partial charge in [-0.3, -0.25) is 4.79 Å². The predicted molar refractivity (Wildman–Crippen MR) is 96.9 cm³/mol. The third-order valence-electron chi connectivity index (χ3n) is 5.36. The summed E-state index contributed by atoms with van der Waals surface area (Å²) in [7, 11) is 1.92. The molecule has 0 aromatic carbocycles. The zero-order chi connectivity index (χ0) is 16.8. The molecule has 2 aliphatic heterocycles. The number of aryl methyl sites for hydroxylation is 2. The highest BCUT2D eigenvalue weighted by Gasteiger charge is 2.36. The number of carbonyl (C=O) groups excluding carboxylic acids is 1. The van der Waals surface area contributed by atoms with Gasteiger partial charge in [0.05, 0.1) is 6.42 Å². The van der Waals surface area contributed by atoms with Crippen LogP contribution in [0.25, 0.3) is 5.78 Å². The SMILES string of the molecule is Cc1cc(C)n2nc(CC(=O)N(C)C3CC4CCC(C3)N4)nc2n1.Cl. The average Bonchev–Trinajstić information content (AvgIpc) is 3.09. The van der Waals surface area contributed by atoms with Crippen molar-refractivity contribution in [3.63, 3.8) is 0 Å². The highest BCUT2D eigenvalue weighted by Crippen LogP contribution is 2.29. The first-order valence-electron chi connectivity index (χ1n) is 8.71. The molecular formula is C17H25ClN6O. The van der Waals surface area contributed by atoms with Crippen LogP contribution in [-0.2, 0) is 11.2 Å². The zero-order valence-electron chi connectivity index (χ0n) is 14.9. The highest BCUT2D eigenvalue weighted by molar-refractivity contribution is 5.85. The number of hydrogen-bond acceptors (Lipinski definition) is 5. The molecule has 8 heteroatoms. The summed E-state index contributed by atoms with van der Waals surface area (Å²) in [6.07, 6.45) is 4.81. The van der Waals surface area contributed by atoms with Crippen molar-refractivity contribution in [3.05, 3.63) is 23.3 Å². The van der Waals surface area contributed by atoms with E-state index in [0.29, 0.717) is 29.7 Å². The average molecular weight is 365 g/mol. The Morgan fingerprint density at radius 1 is 1.28 bits per heavy atom. The molecule has 0 spiro atoms. The molecule has 2 aliphatic rings. The van der Waals surface area contributed by atoms with E-state index >= 15 is 0 Å². The predicted octanol–water partition coefficient (Wildman–Crippen LogP) is 1.45. The number of likely N-dealkylation sites (N-methyl/N-ethyl adjacent to an activating group) is 1. The van der Waals surface area contributed by atoms with E-state index in [1.165, 1.54) is 12.8 Å². The molecule has 1 N–H and O–H groups in total. The molecule has 7 nitrogen and oxygen atoms in total. The molecule has 4 rings (SSSR count). The van der Waals surface area contributed by atoms with Crippen molar-refractivity contribution in [1.82, 2.24) is 29.8 Å². The molecule has 2 atom stereocenters. The fourth-order valence-corrected chi connectivity index (χ4v) is 4.09. The van der Waals surface area contributed by atoms with Crippen LogP contribution in [0.3, 0.4) is 0 Å². The van der Waals surface area contributed by atoms with Crippen molar-refractivity contribution < 1.29 is 4.79 Å². The summed E-state index contributed by atoms with van der Waals surface area (Å²) in [5.74, 6) is 1.20. The van der Waals surface area contributed by atoms with Gasteiger partial charge in [-0.15, -0.1) is 17.5 Å². The minimum absolute atomic E-state index is 0. The first kappa shape index (κ1) is 18.1. The van der Waals surface area contributed by atoms with Crippen molar-refractivity contribution >= 4 is 24.1 Å². The topological polar surface area (TPSA) is 75.4 Å². The van der Waals surface area contributed by atoms with Crippen LogP contribution >= 0.6 is 12.4 Å². The summed E-state index contributed by atoms with van der Waals surface area (Å²) >= 11 is 0. The van der Waals surface area contributed by atoms with Crippen LogP contribution in [0.4, 0.5) is 0 Å². The van der Waals surface area contributed by atoms with Gasteiger partial charge in [-0.25, -0.2) is 9.50 Å². The molecule has 2 aromatic rings. The lowest BCUT2D eigenvalue weighted by Gasteiger charge is -2.35. The van der Waals surface area contributed by atoms with Crippen molar-refractivity contribution in [3.8, 4) is 0 Å². The molecule has 4 heterocycles. The van der Waals surface area contributed by atoms with Gasteiger partial charge in [-0.2, -0.15) is 4.98 Å². The van der Waals surface area contributed by atoms with Gasteiger partial charge in [0.1, 0.15) is 0 Å². The Morgan fingerprint density at radius 2 is 1.96 bits per heavy atom. The van der Waals surface area contributed by atoms with Gasteiger partial charge >= 0.3 is 0 Å². The molecule has 2 saturated heterocycles. The number of nitrogens with zero attached hydrogens (tertiary/aromatic N) is 5. The number of halogens is 1. The van der Waals surface area contributed by atoms with E-state index < -0.39 is 0 Å². The van der Waals surface area contributed by atoms with Gasteiger partial charge in [0.2, 0.25) is 5.91 Å². The van der Waals surface area contributed by atoms with Crippen LogP contribution in [0.15, 0.2) is 6.07 Å². The third-order valence-corrected chi connectivity index (χ3v) is 5.36. The second kappa shape index (κ2) is 6.88. The van der Waals surface area contributed by atoms with Gasteiger partial charge in [0.15, 0.2) is 5.82 Å². The first-order valence-corrected chi connectivity index (χ1v) is 8.71. The molecule has 0 radical (unpaired) electrons. The molecule has 0 saturated carbocycles. The number of amides is 1. The van der Waals surface area contributed by atoms with Crippen LogP contribution in [0, 0.1) is 13.8 Å². The fraction of sp³-hybridized carbons (Fsp3) is 0.647. The summed E-state index contributed by atoms with van der Waals surface area (Å²) in [6.45, 7) is 3.91. The van der Waals surface area contributed by atoms with Gasteiger partial charge < -0.3 is 10.2 Å². The third kappa shape index (κ3) is 3.48.